The Morgan fingerprint density at radius 2 is 2.18 bits per heavy atom. The van der Waals surface area contributed by atoms with E-state index in [1.165, 1.54) is 12.1 Å². The summed E-state index contributed by atoms with van der Waals surface area (Å²) >= 11 is 0. The molecule has 1 aromatic carbocycles. The second-order valence-electron chi connectivity index (χ2n) is 6.40. The lowest BCUT2D eigenvalue weighted by atomic mass is 10.2. The van der Waals surface area contributed by atoms with Gasteiger partial charge in [0.05, 0.1) is 11.6 Å². The maximum Gasteiger partial charge on any atom is 0.407 e. The molecule has 1 aliphatic heterocycles. The van der Waals surface area contributed by atoms with Gasteiger partial charge in [0.15, 0.2) is 6.29 Å². The number of nitrogens with zero attached hydrogens (tertiary/aromatic N) is 1. The smallest absolute Gasteiger partial charge is 0.407 e. The van der Waals surface area contributed by atoms with Crippen molar-refractivity contribution >= 4 is 18.1 Å². The Hall–Kier alpha value is -2.11. The Labute approximate surface area is 129 Å². The number of aldehydes is 1. The highest BCUT2D eigenvalue weighted by atomic mass is 19.1. The van der Waals surface area contributed by atoms with E-state index in [4.69, 9.17) is 4.74 Å². The molecule has 1 atom stereocenters. The van der Waals surface area contributed by atoms with Crippen molar-refractivity contribution in [1.82, 2.24) is 5.32 Å². The molecular formula is C16H21FN2O3. The highest BCUT2D eigenvalue weighted by Gasteiger charge is 2.26. The zero-order valence-electron chi connectivity index (χ0n) is 13.1. The molecule has 120 valence electrons. The number of alkyl carbamates (subject to hydrolysis) is 1. The molecule has 0 spiro atoms. The maximum atomic E-state index is 13.6. The molecule has 1 fully saturated rings. The van der Waals surface area contributed by atoms with E-state index in [1.54, 1.807) is 6.07 Å². The van der Waals surface area contributed by atoms with E-state index in [0.717, 1.165) is 6.42 Å². The fourth-order valence-corrected chi connectivity index (χ4v) is 2.40. The van der Waals surface area contributed by atoms with E-state index in [2.05, 4.69) is 5.32 Å². The van der Waals surface area contributed by atoms with Crippen molar-refractivity contribution in [2.75, 3.05) is 18.0 Å². The number of hydrogen-bond acceptors (Lipinski definition) is 4. The van der Waals surface area contributed by atoms with Crippen molar-refractivity contribution in [2.24, 2.45) is 0 Å². The molecule has 1 aromatic rings. The Morgan fingerprint density at radius 3 is 2.77 bits per heavy atom. The molecule has 22 heavy (non-hydrogen) atoms. The minimum Gasteiger partial charge on any atom is -0.444 e. The molecule has 2 rings (SSSR count). The standard InChI is InChI=1S/C16H21FN2O3/c1-16(2,3)22-15(21)18-12-6-7-19(9-12)13-5-4-11(10-20)14(17)8-13/h4-5,8,10,12H,6-7,9H2,1-3H3,(H,18,21)/t12-/m1/s1. The minimum absolute atomic E-state index is 0.0383. The summed E-state index contributed by atoms with van der Waals surface area (Å²) in [5.41, 5.74) is 0.221. The van der Waals surface area contributed by atoms with Gasteiger partial charge in [0.2, 0.25) is 0 Å². The summed E-state index contributed by atoms with van der Waals surface area (Å²) in [7, 11) is 0. The number of hydrogen-bond donors (Lipinski definition) is 1. The lowest BCUT2D eigenvalue weighted by Gasteiger charge is -2.22. The predicted octanol–water partition coefficient (Wildman–Crippen LogP) is 2.74. The van der Waals surface area contributed by atoms with E-state index in [9.17, 15) is 14.0 Å². The number of benzene rings is 1. The van der Waals surface area contributed by atoms with Gasteiger partial charge in [-0.05, 0) is 45.4 Å². The number of ether oxygens (including phenoxy) is 1. The van der Waals surface area contributed by atoms with Gasteiger partial charge in [0, 0.05) is 18.8 Å². The van der Waals surface area contributed by atoms with Crippen molar-refractivity contribution in [2.45, 2.75) is 38.8 Å². The largest absolute Gasteiger partial charge is 0.444 e. The number of rotatable bonds is 3. The van der Waals surface area contributed by atoms with Crippen molar-refractivity contribution in [3.05, 3.63) is 29.6 Å². The maximum absolute atomic E-state index is 13.6. The normalized spacial score (nSPS) is 18.2. The van der Waals surface area contributed by atoms with Crippen LogP contribution in [0.1, 0.15) is 37.6 Å². The summed E-state index contributed by atoms with van der Waals surface area (Å²) in [5.74, 6) is -0.531. The van der Waals surface area contributed by atoms with Crippen LogP contribution in [0.15, 0.2) is 18.2 Å². The van der Waals surface area contributed by atoms with Gasteiger partial charge in [0.25, 0.3) is 0 Å². The molecule has 0 unspecified atom stereocenters. The molecule has 1 N–H and O–H groups in total. The third-order valence-electron chi connectivity index (χ3n) is 3.39. The molecule has 0 saturated carbocycles. The first-order valence-corrected chi connectivity index (χ1v) is 7.27. The number of nitrogens with one attached hydrogen (secondary N) is 1. The van der Waals surface area contributed by atoms with Crippen molar-refractivity contribution in [3.63, 3.8) is 0 Å². The van der Waals surface area contributed by atoms with Crippen LogP contribution in [0.25, 0.3) is 0 Å². The summed E-state index contributed by atoms with van der Waals surface area (Å²) < 4.78 is 18.9. The van der Waals surface area contributed by atoms with Gasteiger partial charge in [-0.3, -0.25) is 4.79 Å². The first-order chi connectivity index (χ1) is 10.3. The second-order valence-corrected chi connectivity index (χ2v) is 6.40. The van der Waals surface area contributed by atoms with Gasteiger partial charge in [-0.25, -0.2) is 9.18 Å². The summed E-state index contributed by atoms with van der Waals surface area (Å²) in [4.78, 5) is 24.3. The summed E-state index contributed by atoms with van der Waals surface area (Å²) in [6, 6.07) is 4.48. The topological polar surface area (TPSA) is 58.6 Å². The lowest BCUT2D eigenvalue weighted by molar-refractivity contribution is 0.0509. The molecule has 6 heteroatoms. The highest BCUT2D eigenvalue weighted by Crippen LogP contribution is 2.22. The average molecular weight is 308 g/mol. The highest BCUT2D eigenvalue weighted by molar-refractivity contribution is 5.76. The van der Waals surface area contributed by atoms with Gasteiger partial charge in [-0.2, -0.15) is 0 Å². The molecule has 0 aliphatic carbocycles. The van der Waals surface area contributed by atoms with Gasteiger partial charge in [0.1, 0.15) is 11.4 Å². The molecule has 1 aliphatic rings. The fraction of sp³-hybridized carbons (Fsp3) is 0.500. The third kappa shape index (κ3) is 4.19. The monoisotopic (exact) mass is 308 g/mol. The van der Waals surface area contributed by atoms with Gasteiger partial charge < -0.3 is 15.0 Å². The van der Waals surface area contributed by atoms with Crippen molar-refractivity contribution in [1.29, 1.82) is 0 Å². The van der Waals surface area contributed by atoms with Crippen LogP contribution in [-0.2, 0) is 4.74 Å². The van der Waals surface area contributed by atoms with E-state index in [1.807, 2.05) is 25.7 Å². The zero-order valence-corrected chi connectivity index (χ0v) is 13.1. The molecule has 0 bridgehead atoms. The van der Waals surface area contributed by atoms with Gasteiger partial charge in [-0.15, -0.1) is 0 Å². The van der Waals surface area contributed by atoms with Crippen LogP contribution in [0, 0.1) is 5.82 Å². The van der Waals surface area contributed by atoms with Crippen LogP contribution in [0.2, 0.25) is 0 Å². The van der Waals surface area contributed by atoms with Crippen LogP contribution in [0.4, 0.5) is 14.9 Å². The minimum atomic E-state index is -0.532. The number of carbonyl (C=O) groups excluding carboxylic acids is 2. The average Bonchev–Trinajstić information content (AvgIpc) is 2.84. The predicted molar refractivity (Wildman–Crippen MR) is 81.8 cm³/mol. The van der Waals surface area contributed by atoms with E-state index < -0.39 is 17.5 Å². The first kappa shape index (κ1) is 16.3. The third-order valence-corrected chi connectivity index (χ3v) is 3.39. The number of anilines is 1. The lowest BCUT2D eigenvalue weighted by Crippen LogP contribution is -2.40. The van der Waals surface area contributed by atoms with Crippen molar-refractivity contribution in [3.8, 4) is 0 Å². The first-order valence-electron chi connectivity index (χ1n) is 7.27. The van der Waals surface area contributed by atoms with Crippen LogP contribution >= 0.6 is 0 Å². The van der Waals surface area contributed by atoms with Crippen molar-refractivity contribution < 1.29 is 18.7 Å². The molecule has 1 saturated heterocycles. The molecule has 0 radical (unpaired) electrons. The number of halogens is 1. The quantitative estimate of drug-likeness (QED) is 0.872. The number of carbonyl (C=O) groups is 2. The van der Waals surface area contributed by atoms with Crippen LogP contribution in [-0.4, -0.2) is 37.1 Å². The summed E-state index contributed by atoms with van der Waals surface area (Å²) in [5, 5.41) is 2.82. The van der Waals surface area contributed by atoms with Crippen LogP contribution in [0.5, 0.6) is 0 Å². The molecule has 5 nitrogen and oxygen atoms in total. The Morgan fingerprint density at radius 1 is 1.45 bits per heavy atom. The fourth-order valence-electron chi connectivity index (χ4n) is 2.40. The summed E-state index contributed by atoms with van der Waals surface area (Å²) in [6.07, 6.45) is 0.813. The van der Waals surface area contributed by atoms with Crippen LogP contribution < -0.4 is 10.2 Å². The zero-order chi connectivity index (χ0) is 16.3. The molecule has 0 aromatic heterocycles. The molecular weight excluding hydrogens is 287 g/mol. The Bertz CT molecular complexity index is 569. The Balaban J connectivity index is 1.94. The van der Waals surface area contributed by atoms with E-state index in [0.29, 0.717) is 25.1 Å². The molecule has 1 amide bonds. The second kappa shape index (κ2) is 6.34. The van der Waals surface area contributed by atoms with Gasteiger partial charge >= 0.3 is 6.09 Å². The SMILES string of the molecule is CC(C)(C)OC(=O)N[C@@H]1CCN(c2ccc(C=O)c(F)c2)C1. The van der Waals surface area contributed by atoms with E-state index in [-0.39, 0.29) is 11.6 Å². The van der Waals surface area contributed by atoms with Gasteiger partial charge in [-0.1, -0.05) is 0 Å². The number of amides is 1. The summed E-state index contributed by atoms with van der Waals surface area (Å²) in [6.45, 7) is 6.72. The van der Waals surface area contributed by atoms with E-state index >= 15 is 0 Å². The molecule has 1 heterocycles. The van der Waals surface area contributed by atoms with Crippen LogP contribution in [0.3, 0.4) is 0 Å². The Kier molecular flexibility index (Phi) is 4.68.